The fraction of sp³-hybridized carbons (Fsp3) is 0.562. The fourth-order valence-electron chi connectivity index (χ4n) is 1.91. The Balaban J connectivity index is 2.59. The third-order valence-corrected chi connectivity index (χ3v) is 4.27. The van der Waals surface area contributed by atoms with Gasteiger partial charge in [0.1, 0.15) is 5.82 Å². The minimum absolute atomic E-state index is 0.0404. The number of rotatable bonds is 7. The van der Waals surface area contributed by atoms with Gasteiger partial charge in [-0.15, -0.1) is 0 Å². The van der Waals surface area contributed by atoms with E-state index in [2.05, 4.69) is 33.0 Å². The first kappa shape index (κ1) is 17.0. The summed E-state index contributed by atoms with van der Waals surface area (Å²) in [6.07, 6.45) is 0. The molecule has 0 radical (unpaired) electrons. The van der Waals surface area contributed by atoms with Gasteiger partial charge >= 0.3 is 0 Å². The molecule has 0 heterocycles. The summed E-state index contributed by atoms with van der Waals surface area (Å²) >= 11 is 1.65. The number of benzene rings is 1. The Kier molecular flexibility index (Phi) is 7.06. The lowest BCUT2D eigenvalue weighted by atomic mass is 9.96. The molecule has 0 saturated heterocycles. The monoisotopic (exact) mass is 297 g/mol. The highest BCUT2D eigenvalue weighted by atomic mass is 32.2. The summed E-state index contributed by atoms with van der Waals surface area (Å²) in [6.45, 7) is 8.38. The number of hydrogen-bond donors (Lipinski definition) is 1. The second-order valence-electron chi connectivity index (χ2n) is 5.75. The maximum absolute atomic E-state index is 13.0. The molecule has 1 aromatic rings. The molecule has 1 rings (SSSR count). The summed E-state index contributed by atoms with van der Waals surface area (Å²) in [5, 5.41) is 3.04. The van der Waals surface area contributed by atoms with Crippen molar-refractivity contribution in [3.63, 3.8) is 0 Å². The van der Waals surface area contributed by atoms with Crippen molar-refractivity contribution in [1.29, 1.82) is 0 Å². The zero-order chi connectivity index (χ0) is 15.1. The highest BCUT2D eigenvalue weighted by Gasteiger charge is 2.18. The van der Waals surface area contributed by atoms with Crippen LogP contribution in [0.5, 0.6) is 0 Å². The second-order valence-corrected chi connectivity index (χ2v) is 6.78. The third-order valence-electron chi connectivity index (χ3n) is 2.90. The van der Waals surface area contributed by atoms with E-state index in [0.29, 0.717) is 11.7 Å². The summed E-state index contributed by atoms with van der Waals surface area (Å²) in [6, 6.07) is 6.28. The Labute approximate surface area is 125 Å². The predicted octanol–water partition coefficient (Wildman–Crippen LogP) is 4.03. The molecule has 1 aromatic carbocycles. The van der Waals surface area contributed by atoms with Gasteiger partial charge in [-0.2, -0.15) is 11.8 Å². The molecule has 20 heavy (non-hydrogen) atoms. The fourth-order valence-corrected chi connectivity index (χ4v) is 2.77. The average molecular weight is 297 g/mol. The molecule has 0 spiro atoms. The quantitative estimate of drug-likeness (QED) is 0.823. The van der Waals surface area contributed by atoms with Crippen LogP contribution in [0, 0.1) is 17.7 Å². The van der Waals surface area contributed by atoms with Gasteiger partial charge in [-0.25, -0.2) is 4.39 Å². The highest BCUT2D eigenvalue weighted by Crippen LogP contribution is 2.22. The molecule has 1 unspecified atom stereocenters. The Morgan fingerprint density at radius 1 is 1.20 bits per heavy atom. The van der Waals surface area contributed by atoms with Crippen LogP contribution in [0.3, 0.4) is 0 Å². The van der Waals surface area contributed by atoms with Crippen LogP contribution in [-0.2, 0) is 4.79 Å². The largest absolute Gasteiger partial charge is 0.348 e. The van der Waals surface area contributed by atoms with Crippen molar-refractivity contribution in [2.75, 3.05) is 11.5 Å². The second kappa shape index (κ2) is 8.30. The van der Waals surface area contributed by atoms with E-state index in [1.807, 2.05) is 0 Å². The first-order valence-corrected chi connectivity index (χ1v) is 8.18. The molecule has 0 aliphatic rings. The Morgan fingerprint density at radius 3 is 2.30 bits per heavy atom. The van der Waals surface area contributed by atoms with Crippen molar-refractivity contribution in [3.8, 4) is 0 Å². The van der Waals surface area contributed by atoms with E-state index in [0.717, 1.165) is 11.3 Å². The molecule has 1 atom stereocenters. The van der Waals surface area contributed by atoms with Crippen LogP contribution in [0.4, 0.5) is 4.39 Å². The van der Waals surface area contributed by atoms with E-state index in [1.165, 1.54) is 12.1 Å². The van der Waals surface area contributed by atoms with Crippen LogP contribution >= 0.6 is 11.8 Å². The van der Waals surface area contributed by atoms with E-state index < -0.39 is 0 Å². The van der Waals surface area contributed by atoms with Gasteiger partial charge in [0.2, 0.25) is 5.91 Å². The lowest BCUT2D eigenvalue weighted by Crippen LogP contribution is -2.33. The van der Waals surface area contributed by atoms with Gasteiger partial charge in [0.25, 0.3) is 0 Å². The van der Waals surface area contributed by atoms with Crippen molar-refractivity contribution in [2.45, 2.75) is 33.7 Å². The minimum Gasteiger partial charge on any atom is -0.348 e. The zero-order valence-corrected chi connectivity index (χ0v) is 13.5. The number of carbonyl (C=O) groups excluding carboxylic acids is 1. The van der Waals surface area contributed by atoms with Crippen molar-refractivity contribution in [3.05, 3.63) is 35.6 Å². The molecule has 112 valence electrons. The molecule has 0 saturated carbocycles. The Bertz CT molecular complexity index is 417. The highest BCUT2D eigenvalue weighted by molar-refractivity contribution is 7.99. The number of thioether (sulfide) groups is 1. The number of hydrogen-bond acceptors (Lipinski definition) is 2. The summed E-state index contributed by atoms with van der Waals surface area (Å²) in [4.78, 5) is 12.0. The standard InChI is InChI=1S/C16H24FNOS/c1-11(2)9-20-10-15(19)18-16(12(3)4)13-5-7-14(17)8-6-13/h5-8,11-12,16H,9-10H2,1-4H3,(H,18,19). The van der Waals surface area contributed by atoms with Crippen molar-refractivity contribution in [1.82, 2.24) is 5.32 Å². The van der Waals surface area contributed by atoms with Gasteiger partial charge in [0.15, 0.2) is 0 Å². The van der Waals surface area contributed by atoms with Crippen molar-refractivity contribution >= 4 is 17.7 Å². The Morgan fingerprint density at radius 2 is 1.80 bits per heavy atom. The molecular formula is C16H24FNOS. The van der Waals surface area contributed by atoms with Gasteiger partial charge in [0.05, 0.1) is 11.8 Å². The molecule has 1 N–H and O–H groups in total. The van der Waals surface area contributed by atoms with E-state index in [9.17, 15) is 9.18 Å². The summed E-state index contributed by atoms with van der Waals surface area (Å²) in [7, 11) is 0. The van der Waals surface area contributed by atoms with Crippen LogP contribution in [0.15, 0.2) is 24.3 Å². The van der Waals surface area contributed by atoms with Gasteiger partial charge < -0.3 is 5.32 Å². The lowest BCUT2D eigenvalue weighted by molar-refractivity contribution is -0.119. The van der Waals surface area contributed by atoms with E-state index >= 15 is 0 Å². The summed E-state index contributed by atoms with van der Waals surface area (Å²) in [5.41, 5.74) is 0.948. The molecular weight excluding hydrogens is 273 g/mol. The summed E-state index contributed by atoms with van der Waals surface area (Å²) in [5.74, 6) is 2.10. The SMILES string of the molecule is CC(C)CSCC(=O)NC(c1ccc(F)cc1)C(C)C. The average Bonchev–Trinajstić information content (AvgIpc) is 2.36. The summed E-state index contributed by atoms with van der Waals surface area (Å²) < 4.78 is 13.0. The van der Waals surface area contributed by atoms with Crippen LogP contribution in [0.2, 0.25) is 0 Å². The van der Waals surface area contributed by atoms with Gasteiger partial charge in [-0.3, -0.25) is 4.79 Å². The molecule has 0 bridgehead atoms. The molecule has 0 aliphatic carbocycles. The van der Waals surface area contributed by atoms with Crippen LogP contribution in [-0.4, -0.2) is 17.4 Å². The molecule has 0 aromatic heterocycles. The van der Waals surface area contributed by atoms with E-state index in [4.69, 9.17) is 0 Å². The number of nitrogens with one attached hydrogen (secondary N) is 1. The first-order chi connectivity index (χ1) is 9.40. The van der Waals surface area contributed by atoms with Gasteiger partial charge in [-0.05, 0) is 35.3 Å². The van der Waals surface area contributed by atoms with Crippen LogP contribution in [0.1, 0.15) is 39.3 Å². The maximum Gasteiger partial charge on any atom is 0.230 e. The molecule has 4 heteroatoms. The molecule has 0 aliphatic heterocycles. The molecule has 0 fully saturated rings. The third kappa shape index (κ3) is 5.95. The maximum atomic E-state index is 13.0. The molecule has 2 nitrogen and oxygen atoms in total. The first-order valence-electron chi connectivity index (χ1n) is 7.02. The van der Waals surface area contributed by atoms with Crippen molar-refractivity contribution in [2.24, 2.45) is 11.8 Å². The van der Waals surface area contributed by atoms with Crippen LogP contribution in [0.25, 0.3) is 0 Å². The number of halogens is 1. The lowest BCUT2D eigenvalue weighted by Gasteiger charge is -2.23. The van der Waals surface area contributed by atoms with Crippen molar-refractivity contribution < 1.29 is 9.18 Å². The minimum atomic E-state index is -0.255. The molecule has 1 amide bonds. The normalized spacial score (nSPS) is 12.8. The zero-order valence-electron chi connectivity index (χ0n) is 12.7. The van der Waals surface area contributed by atoms with Crippen LogP contribution < -0.4 is 5.32 Å². The number of carbonyl (C=O) groups is 1. The smallest absolute Gasteiger partial charge is 0.230 e. The predicted molar refractivity (Wildman–Crippen MR) is 84.3 cm³/mol. The Hall–Kier alpha value is -1.03. The van der Waals surface area contributed by atoms with E-state index in [1.54, 1.807) is 23.9 Å². The van der Waals surface area contributed by atoms with Gasteiger partial charge in [-0.1, -0.05) is 39.8 Å². The number of amides is 1. The van der Waals surface area contributed by atoms with E-state index in [-0.39, 0.29) is 23.7 Å². The van der Waals surface area contributed by atoms with Gasteiger partial charge in [0, 0.05) is 0 Å². The topological polar surface area (TPSA) is 29.1 Å².